The number of hydroxylamine groups is 1. The van der Waals surface area contributed by atoms with Crippen LogP contribution in [0.25, 0.3) is 10.8 Å². The van der Waals surface area contributed by atoms with E-state index >= 15 is 0 Å². The summed E-state index contributed by atoms with van der Waals surface area (Å²) in [6, 6.07) is 21.2. The number of anilines is 1. The quantitative estimate of drug-likeness (QED) is 0.255. The van der Waals surface area contributed by atoms with Gasteiger partial charge in [0, 0.05) is 25.3 Å². The number of carbonyl (C=O) groups excluding carboxylic acids is 2. The summed E-state index contributed by atoms with van der Waals surface area (Å²) in [5.74, 6) is -0.725. The molecule has 4 aromatic rings. The number of hydrogen-bond acceptors (Lipinski definition) is 6. The topological polar surface area (TPSA) is 112 Å². The molecule has 0 saturated carbocycles. The molecular weight excluding hydrogens is 444 g/mol. The first-order valence-corrected chi connectivity index (χ1v) is 11.3. The minimum atomic E-state index is -0.512. The van der Waals surface area contributed by atoms with E-state index in [-0.39, 0.29) is 24.9 Å². The van der Waals surface area contributed by atoms with Gasteiger partial charge in [0.25, 0.3) is 5.91 Å². The summed E-state index contributed by atoms with van der Waals surface area (Å²) in [5.41, 5.74) is 4.78. The molecule has 0 radical (unpaired) electrons. The number of amides is 2. The van der Waals surface area contributed by atoms with E-state index < -0.39 is 5.91 Å². The molecule has 0 spiro atoms. The van der Waals surface area contributed by atoms with Crippen LogP contribution in [0.3, 0.4) is 0 Å². The maximum atomic E-state index is 12.6. The fraction of sp³-hybridized carbons (Fsp3) is 0.231. The zero-order valence-corrected chi connectivity index (χ0v) is 19.7. The van der Waals surface area contributed by atoms with Crippen LogP contribution in [0.15, 0.2) is 72.9 Å². The van der Waals surface area contributed by atoms with Gasteiger partial charge in [-0.2, -0.15) is 0 Å². The molecule has 3 aromatic carbocycles. The molecule has 3 N–H and O–H groups in total. The number of nitrogens with zero attached hydrogens (tertiary/aromatic N) is 4. The van der Waals surface area contributed by atoms with Crippen LogP contribution in [0.2, 0.25) is 0 Å². The molecule has 180 valence electrons. The van der Waals surface area contributed by atoms with Crippen molar-refractivity contribution in [1.82, 2.24) is 25.8 Å². The minimum Gasteiger partial charge on any atom is -0.378 e. The minimum absolute atomic E-state index is 0.0236. The zero-order chi connectivity index (χ0) is 24.8. The second-order valence-electron chi connectivity index (χ2n) is 8.60. The summed E-state index contributed by atoms with van der Waals surface area (Å²) < 4.78 is 1.61. The lowest BCUT2D eigenvalue weighted by molar-refractivity contribution is -0.130. The Labute approximate surface area is 203 Å². The van der Waals surface area contributed by atoms with Crippen LogP contribution in [0, 0.1) is 0 Å². The van der Waals surface area contributed by atoms with Crippen LogP contribution in [-0.2, 0) is 17.8 Å². The van der Waals surface area contributed by atoms with Crippen LogP contribution in [0.1, 0.15) is 34.1 Å². The predicted molar refractivity (Wildman–Crippen MR) is 133 cm³/mol. The van der Waals surface area contributed by atoms with Gasteiger partial charge in [0.15, 0.2) is 0 Å². The highest BCUT2D eigenvalue weighted by atomic mass is 16.5. The van der Waals surface area contributed by atoms with Gasteiger partial charge in [-0.1, -0.05) is 53.7 Å². The van der Waals surface area contributed by atoms with Crippen LogP contribution >= 0.6 is 0 Å². The van der Waals surface area contributed by atoms with Crippen LogP contribution < -0.4 is 15.7 Å². The Kier molecular flexibility index (Phi) is 7.37. The summed E-state index contributed by atoms with van der Waals surface area (Å²) in [5, 5.41) is 22.5. The molecule has 1 heterocycles. The lowest BCUT2D eigenvalue weighted by Crippen LogP contribution is -2.25. The average Bonchev–Trinajstić information content (AvgIpc) is 3.36. The van der Waals surface area contributed by atoms with E-state index in [0.717, 1.165) is 22.0 Å². The van der Waals surface area contributed by atoms with Crippen molar-refractivity contribution in [3.05, 3.63) is 89.7 Å². The van der Waals surface area contributed by atoms with Gasteiger partial charge in [-0.25, -0.2) is 10.2 Å². The molecule has 0 aliphatic carbocycles. The summed E-state index contributed by atoms with van der Waals surface area (Å²) in [7, 11) is 3.83. The maximum Gasteiger partial charge on any atom is 0.251 e. The molecule has 1 aromatic heterocycles. The molecule has 0 unspecified atom stereocenters. The molecule has 9 nitrogen and oxygen atoms in total. The molecule has 9 heteroatoms. The van der Waals surface area contributed by atoms with Gasteiger partial charge in [-0.05, 0) is 41.0 Å². The summed E-state index contributed by atoms with van der Waals surface area (Å²) >= 11 is 0. The first-order valence-electron chi connectivity index (χ1n) is 11.3. The smallest absolute Gasteiger partial charge is 0.251 e. The van der Waals surface area contributed by atoms with Crippen molar-refractivity contribution in [2.75, 3.05) is 19.0 Å². The number of fused-ring (bicyclic) bond motifs is 1. The van der Waals surface area contributed by atoms with E-state index in [4.69, 9.17) is 5.21 Å². The van der Waals surface area contributed by atoms with Crippen molar-refractivity contribution < 1.29 is 14.8 Å². The molecular formula is C26H28N6O3. The van der Waals surface area contributed by atoms with Crippen LogP contribution in [0.5, 0.6) is 0 Å². The number of hydrogen-bond donors (Lipinski definition) is 3. The third-order valence-electron chi connectivity index (χ3n) is 5.82. The summed E-state index contributed by atoms with van der Waals surface area (Å²) in [4.78, 5) is 26.5. The maximum absolute atomic E-state index is 12.6. The normalized spacial score (nSPS) is 11.7. The monoisotopic (exact) mass is 472 g/mol. The first kappa shape index (κ1) is 23.9. The number of nitrogens with one attached hydrogen (secondary N) is 2. The van der Waals surface area contributed by atoms with Crippen molar-refractivity contribution in [3.8, 4) is 0 Å². The first-order chi connectivity index (χ1) is 16.9. The SMILES string of the molecule is CN(C)c1cccc(C(=O)NCc2cn([C@@H](CC(=O)NO)Cc3ccc4ccccc4c3)nn2)c1. The van der Waals surface area contributed by atoms with Crippen molar-refractivity contribution in [1.29, 1.82) is 0 Å². The van der Waals surface area contributed by atoms with Crippen molar-refractivity contribution in [3.63, 3.8) is 0 Å². The van der Waals surface area contributed by atoms with Gasteiger partial charge in [-0.15, -0.1) is 5.10 Å². The second-order valence-corrected chi connectivity index (χ2v) is 8.60. The van der Waals surface area contributed by atoms with Gasteiger partial charge in [0.1, 0.15) is 5.69 Å². The standard InChI is InChI=1S/C26H28N6O3/c1-31(2)23-9-5-8-21(14-23)26(34)27-16-22-17-32(30-28-22)24(15-25(33)29-35)13-18-10-11-19-6-3-4-7-20(19)12-18/h3-12,14,17,24,35H,13,15-16H2,1-2H3,(H,27,34)(H,29,33)/t24-/m1/s1. The third kappa shape index (κ3) is 6.01. The van der Waals surface area contributed by atoms with E-state index in [2.05, 4.69) is 21.7 Å². The molecule has 0 aliphatic heterocycles. The lowest BCUT2D eigenvalue weighted by Gasteiger charge is -2.16. The molecule has 0 fully saturated rings. The van der Waals surface area contributed by atoms with Crippen molar-refractivity contribution in [2.45, 2.75) is 25.4 Å². The lowest BCUT2D eigenvalue weighted by atomic mass is 10.00. The number of carbonyl (C=O) groups is 2. The van der Waals surface area contributed by atoms with E-state index in [1.165, 1.54) is 0 Å². The molecule has 0 bridgehead atoms. The second kappa shape index (κ2) is 10.8. The number of benzene rings is 3. The average molecular weight is 473 g/mol. The van der Waals surface area contributed by atoms with Crippen molar-refractivity contribution >= 4 is 28.3 Å². The van der Waals surface area contributed by atoms with E-state index in [1.807, 2.05) is 73.6 Å². The Balaban J connectivity index is 1.46. The fourth-order valence-corrected chi connectivity index (χ4v) is 3.93. The van der Waals surface area contributed by atoms with Gasteiger partial charge in [-0.3, -0.25) is 14.8 Å². The number of aromatic nitrogens is 3. The highest BCUT2D eigenvalue weighted by Gasteiger charge is 2.19. The Morgan fingerprint density at radius 2 is 1.83 bits per heavy atom. The number of rotatable bonds is 9. The van der Waals surface area contributed by atoms with Gasteiger partial charge in [0.05, 0.1) is 25.2 Å². The van der Waals surface area contributed by atoms with Gasteiger partial charge in [0.2, 0.25) is 5.91 Å². The van der Waals surface area contributed by atoms with Gasteiger partial charge >= 0.3 is 0 Å². The highest BCUT2D eigenvalue weighted by Crippen LogP contribution is 2.22. The molecule has 0 aliphatic rings. The van der Waals surface area contributed by atoms with Crippen LogP contribution in [-0.4, -0.2) is 46.1 Å². The molecule has 4 rings (SSSR count). The Hall–Kier alpha value is -4.24. The zero-order valence-electron chi connectivity index (χ0n) is 19.7. The van der Waals surface area contributed by atoms with Crippen molar-refractivity contribution in [2.24, 2.45) is 0 Å². The predicted octanol–water partition coefficient (Wildman–Crippen LogP) is 3.11. The van der Waals surface area contributed by atoms with E-state index in [0.29, 0.717) is 17.7 Å². The highest BCUT2D eigenvalue weighted by molar-refractivity contribution is 5.95. The summed E-state index contributed by atoms with van der Waals surface area (Å²) in [6.45, 7) is 0.194. The van der Waals surface area contributed by atoms with E-state index in [1.54, 1.807) is 22.4 Å². The van der Waals surface area contributed by atoms with E-state index in [9.17, 15) is 9.59 Å². The molecule has 1 atom stereocenters. The molecule has 0 saturated heterocycles. The fourth-order valence-electron chi connectivity index (χ4n) is 3.93. The third-order valence-corrected chi connectivity index (χ3v) is 5.82. The van der Waals surface area contributed by atoms with Crippen LogP contribution in [0.4, 0.5) is 5.69 Å². The Bertz CT molecular complexity index is 1330. The molecule has 35 heavy (non-hydrogen) atoms. The Morgan fingerprint density at radius 1 is 1.03 bits per heavy atom. The van der Waals surface area contributed by atoms with Gasteiger partial charge < -0.3 is 10.2 Å². The molecule has 2 amide bonds. The Morgan fingerprint density at radius 3 is 2.60 bits per heavy atom. The summed E-state index contributed by atoms with van der Waals surface area (Å²) in [6.07, 6.45) is 2.26. The largest absolute Gasteiger partial charge is 0.378 e.